The van der Waals surface area contributed by atoms with Gasteiger partial charge in [0.1, 0.15) is 6.04 Å². The van der Waals surface area contributed by atoms with Crippen molar-refractivity contribution in [2.45, 2.75) is 19.4 Å². The number of amides is 1. The Morgan fingerprint density at radius 3 is 2.83 bits per heavy atom. The highest BCUT2D eigenvalue weighted by Crippen LogP contribution is 2.04. The minimum absolute atomic E-state index is 0.422. The summed E-state index contributed by atoms with van der Waals surface area (Å²) in [6, 6.07) is -0.751. The number of hydrogen-bond donors (Lipinski definition) is 2. The van der Waals surface area contributed by atoms with Crippen molar-refractivity contribution in [2.24, 2.45) is 0 Å². The first-order valence-corrected chi connectivity index (χ1v) is 4.88. The molecular weight excluding hydrogens is 178 g/mol. The average molecular weight is 191 g/mol. The molecular formula is C7H13NO3S. The zero-order valence-corrected chi connectivity index (χ0v) is 7.76. The Balaban J connectivity index is 3.63. The van der Waals surface area contributed by atoms with E-state index in [2.05, 4.69) is 5.32 Å². The van der Waals surface area contributed by atoms with Crippen LogP contribution >= 0.6 is 11.8 Å². The van der Waals surface area contributed by atoms with Gasteiger partial charge in [0.2, 0.25) is 6.41 Å². The normalized spacial score (nSPS) is 12.1. The summed E-state index contributed by atoms with van der Waals surface area (Å²) in [5, 5.41) is 10.8. The molecule has 0 aliphatic heterocycles. The maximum absolute atomic E-state index is 10.4. The lowest BCUT2D eigenvalue weighted by molar-refractivity contribution is -0.139. The monoisotopic (exact) mass is 191 g/mol. The van der Waals surface area contributed by atoms with Crippen LogP contribution in [0.3, 0.4) is 0 Å². The molecule has 0 aromatic carbocycles. The summed E-state index contributed by atoms with van der Waals surface area (Å²) in [7, 11) is 0. The molecule has 5 heteroatoms. The summed E-state index contributed by atoms with van der Waals surface area (Å²) in [4.78, 5) is 20.4. The Bertz CT molecular complexity index is 152. The third kappa shape index (κ3) is 5.01. The van der Waals surface area contributed by atoms with Crippen molar-refractivity contribution in [1.29, 1.82) is 0 Å². The van der Waals surface area contributed by atoms with Gasteiger partial charge in [-0.3, -0.25) is 4.79 Å². The Labute approximate surface area is 75.7 Å². The number of carbonyl (C=O) groups excluding carboxylic acids is 1. The zero-order valence-electron chi connectivity index (χ0n) is 6.95. The Morgan fingerprint density at radius 1 is 1.75 bits per heavy atom. The first-order valence-electron chi connectivity index (χ1n) is 3.72. The Kier molecular flexibility index (Phi) is 6.55. The van der Waals surface area contributed by atoms with Crippen LogP contribution in [0.25, 0.3) is 0 Å². The highest BCUT2D eigenvalue weighted by molar-refractivity contribution is 7.99. The summed E-state index contributed by atoms with van der Waals surface area (Å²) >= 11 is 1.53. The molecule has 1 atom stereocenters. The molecule has 0 bridgehead atoms. The molecule has 0 rings (SSSR count). The van der Waals surface area contributed by atoms with Crippen molar-refractivity contribution >= 4 is 24.1 Å². The number of aliphatic carboxylic acids is 1. The van der Waals surface area contributed by atoms with Crippen molar-refractivity contribution in [1.82, 2.24) is 5.32 Å². The van der Waals surface area contributed by atoms with Gasteiger partial charge in [0.15, 0.2) is 0 Å². The first-order chi connectivity index (χ1) is 5.72. The van der Waals surface area contributed by atoms with E-state index in [1.54, 1.807) is 0 Å². The van der Waals surface area contributed by atoms with Gasteiger partial charge in [0.25, 0.3) is 0 Å². The predicted octanol–water partition coefficient (Wildman–Crippen LogP) is 0.329. The second kappa shape index (κ2) is 6.97. The highest BCUT2D eigenvalue weighted by atomic mass is 32.2. The molecule has 1 unspecified atom stereocenters. The third-order valence-corrected chi connectivity index (χ3v) is 2.47. The molecule has 70 valence electrons. The summed E-state index contributed by atoms with van der Waals surface area (Å²) in [5.41, 5.74) is 0. The summed E-state index contributed by atoms with van der Waals surface area (Å²) in [5.74, 6) is 0.373. The van der Waals surface area contributed by atoms with E-state index in [4.69, 9.17) is 5.11 Å². The van der Waals surface area contributed by atoms with Gasteiger partial charge >= 0.3 is 5.97 Å². The van der Waals surface area contributed by atoms with E-state index in [0.29, 0.717) is 12.2 Å². The molecule has 0 saturated carbocycles. The van der Waals surface area contributed by atoms with Crippen LogP contribution in [0.4, 0.5) is 0 Å². The lowest BCUT2D eigenvalue weighted by Gasteiger charge is -2.09. The van der Waals surface area contributed by atoms with Gasteiger partial charge < -0.3 is 10.4 Å². The minimum Gasteiger partial charge on any atom is -0.480 e. The van der Waals surface area contributed by atoms with E-state index >= 15 is 0 Å². The number of carbonyl (C=O) groups is 2. The molecule has 2 N–H and O–H groups in total. The van der Waals surface area contributed by atoms with Gasteiger partial charge in [-0.2, -0.15) is 11.8 Å². The lowest BCUT2D eigenvalue weighted by Crippen LogP contribution is -2.37. The van der Waals surface area contributed by atoms with Gasteiger partial charge in [-0.25, -0.2) is 4.79 Å². The molecule has 0 heterocycles. The van der Waals surface area contributed by atoms with Crippen LogP contribution in [0.5, 0.6) is 0 Å². The molecule has 4 nitrogen and oxygen atoms in total. The van der Waals surface area contributed by atoms with Crippen LogP contribution in [0.1, 0.15) is 13.3 Å². The standard InChI is InChI=1S/C7H13NO3S/c1-2-3-12-4-6(7(10)11)8-5-9/h5-6H,2-4H2,1H3,(H,8,9)(H,10,11). The van der Waals surface area contributed by atoms with Crippen LogP contribution in [0.2, 0.25) is 0 Å². The fourth-order valence-electron chi connectivity index (χ4n) is 0.618. The highest BCUT2D eigenvalue weighted by Gasteiger charge is 2.14. The van der Waals surface area contributed by atoms with Crippen LogP contribution in [0, 0.1) is 0 Å². The van der Waals surface area contributed by atoms with Crippen molar-refractivity contribution in [3.8, 4) is 0 Å². The molecule has 0 aromatic rings. The summed E-state index contributed by atoms with van der Waals surface area (Å²) < 4.78 is 0. The minimum atomic E-state index is -0.981. The van der Waals surface area contributed by atoms with E-state index in [9.17, 15) is 9.59 Å². The maximum Gasteiger partial charge on any atom is 0.327 e. The van der Waals surface area contributed by atoms with Crippen molar-refractivity contribution in [3.63, 3.8) is 0 Å². The van der Waals surface area contributed by atoms with E-state index in [1.165, 1.54) is 11.8 Å². The number of carboxylic acid groups (broad SMARTS) is 1. The summed E-state index contributed by atoms with van der Waals surface area (Å²) in [6.07, 6.45) is 1.43. The topological polar surface area (TPSA) is 66.4 Å². The van der Waals surface area contributed by atoms with Gasteiger partial charge in [-0.15, -0.1) is 0 Å². The molecule has 0 spiro atoms. The van der Waals surface area contributed by atoms with Crippen LogP contribution in [-0.2, 0) is 9.59 Å². The van der Waals surface area contributed by atoms with Crippen LogP contribution in [0.15, 0.2) is 0 Å². The van der Waals surface area contributed by atoms with Crippen molar-refractivity contribution in [2.75, 3.05) is 11.5 Å². The van der Waals surface area contributed by atoms with Gasteiger partial charge in [-0.1, -0.05) is 6.92 Å². The number of hydrogen-bond acceptors (Lipinski definition) is 3. The molecule has 0 fully saturated rings. The van der Waals surface area contributed by atoms with Crippen molar-refractivity contribution in [3.05, 3.63) is 0 Å². The van der Waals surface area contributed by atoms with Crippen molar-refractivity contribution < 1.29 is 14.7 Å². The quantitative estimate of drug-likeness (QED) is 0.449. The second-order valence-corrected chi connectivity index (χ2v) is 3.40. The van der Waals surface area contributed by atoms with Gasteiger partial charge in [-0.05, 0) is 12.2 Å². The van der Waals surface area contributed by atoms with E-state index < -0.39 is 12.0 Å². The fourth-order valence-corrected chi connectivity index (χ4v) is 1.55. The lowest BCUT2D eigenvalue weighted by atomic mass is 10.3. The Morgan fingerprint density at radius 2 is 2.42 bits per heavy atom. The molecule has 1 amide bonds. The summed E-state index contributed by atoms with van der Waals surface area (Å²) in [6.45, 7) is 2.02. The van der Waals surface area contributed by atoms with Gasteiger partial charge in [0, 0.05) is 5.75 Å². The molecule has 0 aliphatic rings. The third-order valence-electron chi connectivity index (χ3n) is 1.20. The number of nitrogens with one attached hydrogen (secondary N) is 1. The van der Waals surface area contributed by atoms with Gasteiger partial charge in [0.05, 0.1) is 0 Å². The second-order valence-electron chi connectivity index (χ2n) is 2.25. The van der Waals surface area contributed by atoms with Crippen LogP contribution < -0.4 is 5.32 Å². The largest absolute Gasteiger partial charge is 0.480 e. The predicted molar refractivity (Wildman–Crippen MR) is 48.2 cm³/mol. The first kappa shape index (κ1) is 11.3. The number of thioether (sulfide) groups is 1. The Hall–Kier alpha value is -0.710. The zero-order chi connectivity index (χ0) is 9.40. The smallest absolute Gasteiger partial charge is 0.327 e. The molecule has 12 heavy (non-hydrogen) atoms. The fraction of sp³-hybridized carbons (Fsp3) is 0.714. The molecule has 0 radical (unpaired) electrons. The number of rotatable bonds is 7. The van der Waals surface area contributed by atoms with E-state index in [0.717, 1.165) is 12.2 Å². The van der Waals surface area contributed by atoms with E-state index in [1.807, 2.05) is 6.92 Å². The molecule has 0 aliphatic carbocycles. The van der Waals surface area contributed by atoms with E-state index in [-0.39, 0.29) is 0 Å². The molecule has 0 aromatic heterocycles. The molecule has 0 saturated heterocycles. The number of carboxylic acids is 1. The van der Waals surface area contributed by atoms with Crippen LogP contribution in [-0.4, -0.2) is 35.0 Å². The maximum atomic E-state index is 10.4. The SMILES string of the molecule is CCCSCC(NC=O)C(=O)O. The average Bonchev–Trinajstić information content (AvgIpc) is 2.03.